The summed E-state index contributed by atoms with van der Waals surface area (Å²) in [6, 6.07) is 7.47. The van der Waals surface area contributed by atoms with Crippen LogP contribution in [0, 0.1) is 12.7 Å². The van der Waals surface area contributed by atoms with E-state index < -0.39 is 5.97 Å². The number of rotatable bonds is 4. The van der Waals surface area contributed by atoms with Crippen LogP contribution in [-0.2, 0) is 11.2 Å². The van der Waals surface area contributed by atoms with Crippen LogP contribution < -0.4 is 0 Å². The molecule has 3 rings (SSSR count). The molecule has 2 heterocycles. The molecule has 0 spiro atoms. The predicted octanol–water partition coefficient (Wildman–Crippen LogP) is 4.80. The number of oxazole rings is 1. The minimum Gasteiger partial charge on any atom is -0.481 e. The molecule has 3 aromatic rings. The van der Waals surface area contributed by atoms with E-state index in [1.807, 2.05) is 13.0 Å². The number of aromatic nitrogens is 1. The highest BCUT2D eigenvalue weighted by atomic mass is 35.5. The van der Waals surface area contributed by atoms with Gasteiger partial charge in [-0.05, 0) is 42.8 Å². The fourth-order valence-electron chi connectivity index (χ4n) is 2.10. The van der Waals surface area contributed by atoms with Crippen LogP contribution in [0.1, 0.15) is 11.3 Å². The lowest BCUT2D eigenvalue weighted by Gasteiger charge is -1.95. The standard InChI is InChI=1S/C16H11ClFNO3S/c1-8-6-12(23-15(8)17)14-11(7-13(20)21)19-16(22-14)9-2-4-10(18)5-3-9/h2-6H,7H2,1H3,(H,20,21). The molecule has 7 heteroatoms. The normalized spacial score (nSPS) is 10.9. The van der Waals surface area contributed by atoms with Crippen molar-refractivity contribution in [3.05, 3.63) is 51.7 Å². The summed E-state index contributed by atoms with van der Waals surface area (Å²) >= 11 is 7.38. The molecule has 0 atom stereocenters. The molecule has 0 aliphatic rings. The van der Waals surface area contributed by atoms with E-state index in [1.165, 1.54) is 35.6 Å². The highest BCUT2D eigenvalue weighted by molar-refractivity contribution is 7.19. The van der Waals surface area contributed by atoms with Gasteiger partial charge in [-0.25, -0.2) is 9.37 Å². The topological polar surface area (TPSA) is 63.3 Å². The number of hydrogen-bond donors (Lipinski definition) is 1. The third kappa shape index (κ3) is 3.28. The van der Waals surface area contributed by atoms with Gasteiger partial charge >= 0.3 is 5.97 Å². The van der Waals surface area contributed by atoms with Gasteiger partial charge in [-0.3, -0.25) is 4.79 Å². The van der Waals surface area contributed by atoms with Crippen LogP contribution in [0.3, 0.4) is 0 Å². The molecule has 0 unspecified atom stereocenters. The number of nitrogens with zero attached hydrogens (tertiary/aromatic N) is 1. The lowest BCUT2D eigenvalue weighted by Crippen LogP contribution is -2.01. The van der Waals surface area contributed by atoms with Gasteiger partial charge < -0.3 is 9.52 Å². The molecule has 4 nitrogen and oxygen atoms in total. The Morgan fingerprint density at radius 2 is 2.09 bits per heavy atom. The van der Waals surface area contributed by atoms with Crippen molar-refractivity contribution in [3.63, 3.8) is 0 Å². The zero-order valence-electron chi connectivity index (χ0n) is 12.0. The second-order valence-corrected chi connectivity index (χ2v) is 6.59. The summed E-state index contributed by atoms with van der Waals surface area (Å²) in [4.78, 5) is 16.0. The maximum atomic E-state index is 13.0. The smallest absolute Gasteiger partial charge is 0.309 e. The van der Waals surface area contributed by atoms with Gasteiger partial charge in [0.15, 0.2) is 5.76 Å². The highest BCUT2D eigenvalue weighted by Crippen LogP contribution is 2.38. The average molecular weight is 352 g/mol. The average Bonchev–Trinajstić information content (AvgIpc) is 3.03. The molecule has 118 valence electrons. The Morgan fingerprint density at radius 3 is 2.65 bits per heavy atom. The molecule has 1 N–H and O–H groups in total. The largest absolute Gasteiger partial charge is 0.481 e. The van der Waals surface area contributed by atoms with E-state index in [0.29, 0.717) is 26.2 Å². The first-order valence-electron chi connectivity index (χ1n) is 6.68. The zero-order chi connectivity index (χ0) is 16.6. The zero-order valence-corrected chi connectivity index (χ0v) is 13.5. The molecule has 0 aliphatic heterocycles. The quantitative estimate of drug-likeness (QED) is 0.733. The molecule has 0 amide bonds. The van der Waals surface area contributed by atoms with Crippen LogP contribution in [-0.4, -0.2) is 16.1 Å². The predicted molar refractivity (Wildman–Crippen MR) is 86.3 cm³/mol. The number of aryl methyl sites for hydroxylation is 1. The van der Waals surface area contributed by atoms with E-state index in [2.05, 4.69) is 4.98 Å². The second-order valence-electron chi connectivity index (χ2n) is 4.94. The van der Waals surface area contributed by atoms with E-state index in [4.69, 9.17) is 21.1 Å². The van der Waals surface area contributed by atoms with E-state index in [0.717, 1.165) is 5.56 Å². The van der Waals surface area contributed by atoms with Crippen molar-refractivity contribution in [1.29, 1.82) is 0 Å². The summed E-state index contributed by atoms with van der Waals surface area (Å²) < 4.78 is 19.4. The number of thiophene rings is 1. The molecule has 0 radical (unpaired) electrons. The molecule has 2 aromatic heterocycles. The summed E-state index contributed by atoms with van der Waals surface area (Å²) in [5.41, 5.74) is 1.77. The minimum absolute atomic E-state index is 0.249. The van der Waals surface area contributed by atoms with Crippen LogP contribution in [0.5, 0.6) is 0 Å². The lowest BCUT2D eigenvalue weighted by atomic mass is 10.2. The van der Waals surface area contributed by atoms with Crippen molar-refractivity contribution in [3.8, 4) is 22.1 Å². The SMILES string of the molecule is Cc1cc(-c2oc(-c3ccc(F)cc3)nc2CC(=O)O)sc1Cl. The van der Waals surface area contributed by atoms with Gasteiger partial charge in [0.2, 0.25) is 5.89 Å². The molecule has 0 aliphatic carbocycles. The summed E-state index contributed by atoms with van der Waals surface area (Å²) in [7, 11) is 0. The Labute approximate surface area is 140 Å². The van der Waals surface area contributed by atoms with Gasteiger partial charge in [0.25, 0.3) is 0 Å². The number of hydrogen-bond acceptors (Lipinski definition) is 4. The Morgan fingerprint density at radius 1 is 1.39 bits per heavy atom. The van der Waals surface area contributed by atoms with Crippen molar-refractivity contribution in [2.75, 3.05) is 0 Å². The van der Waals surface area contributed by atoms with Gasteiger partial charge in [0, 0.05) is 5.56 Å². The Balaban J connectivity index is 2.09. The minimum atomic E-state index is -1.01. The third-order valence-electron chi connectivity index (χ3n) is 3.19. The number of aliphatic carboxylic acids is 1. The van der Waals surface area contributed by atoms with Crippen molar-refractivity contribution in [2.24, 2.45) is 0 Å². The maximum Gasteiger partial charge on any atom is 0.309 e. The Bertz CT molecular complexity index is 851. The van der Waals surface area contributed by atoms with Gasteiger partial charge in [-0.15, -0.1) is 11.3 Å². The van der Waals surface area contributed by atoms with Crippen molar-refractivity contribution in [1.82, 2.24) is 4.98 Å². The monoisotopic (exact) mass is 351 g/mol. The molecular formula is C16H11ClFNO3S. The lowest BCUT2D eigenvalue weighted by molar-refractivity contribution is -0.136. The second kappa shape index (κ2) is 6.14. The van der Waals surface area contributed by atoms with Crippen molar-refractivity contribution >= 4 is 28.9 Å². The third-order valence-corrected chi connectivity index (χ3v) is 4.74. The maximum absolute atomic E-state index is 13.0. The fraction of sp³-hybridized carbons (Fsp3) is 0.125. The molecule has 23 heavy (non-hydrogen) atoms. The van der Waals surface area contributed by atoms with Crippen LogP contribution in [0.25, 0.3) is 22.1 Å². The summed E-state index contributed by atoms with van der Waals surface area (Å²) in [6.45, 7) is 1.86. The van der Waals surface area contributed by atoms with Crippen LogP contribution in [0.15, 0.2) is 34.7 Å². The van der Waals surface area contributed by atoms with Crippen molar-refractivity contribution < 1.29 is 18.7 Å². The molecule has 0 bridgehead atoms. The van der Waals surface area contributed by atoms with Crippen LogP contribution >= 0.6 is 22.9 Å². The van der Waals surface area contributed by atoms with Crippen LogP contribution in [0.4, 0.5) is 4.39 Å². The van der Waals surface area contributed by atoms with E-state index in [9.17, 15) is 9.18 Å². The summed E-state index contributed by atoms with van der Waals surface area (Å²) in [5.74, 6) is -0.748. The number of halogens is 2. The highest BCUT2D eigenvalue weighted by Gasteiger charge is 2.20. The van der Waals surface area contributed by atoms with E-state index in [1.54, 1.807) is 0 Å². The van der Waals surface area contributed by atoms with Gasteiger partial charge in [0.1, 0.15) is 5.82 Å². The summed E-state index contributed by atoms with van der Waals surface area (Å²) in [6.07, 6.45) is -0.269. The Kier molecular flexibility index (Phi) is 4.19. The molecule has 0 saturated heterocycles. The summed E-state index contributed by atoms with van der Waals surface area (Å²) in [5, 5.41) is 9.06. The number of benzene rings is 1. The molecule has 0 fully saturated rings. The van der Waals surface area contributed by atoms with Gasteiger partial charge in [-0.2, -0.15) is 0 Å². The number of carbonyl (C=O) groups is 1. The first kappa shape index (κ1) is 15.7. The van der Waals surface area contributed by atoms with Crippen molar-refractivity contribution in [2.45, 2.75) is 13.3 Å². The van der Waals surface area contributed by atoms with Crippen LogP contribution in [0.2, 0.25) is 4.34 Å². The Hall–Kier alpha value is -2.18. The van der Waals surface area contributed by atoms with Gasteiger partial charge in [0.05, 0.1) is 21.3 Å². The fourth-order valence-corrected chi connectivity index (χ4v) is 3.30. The first-order valence-corrected chi connectivity index (χ1v) is 7.87. The number of carboxylic acid groups (broad SMARTS) is 1. The van der Waals surface area contributed by atoms with E-state index in [-0.39, 0.29) is 18.1 Å². The first-order chi connectivity index (χ1) is 10.9. The molecular weight excluding hydrogens is 341 g/mol. The number of carboxylic acids is 1. The molecule has 1 aromatic carbocycles. The molecule has 0 saturated carbocycles. The van der Waals surface area contributed by atoms with E-state index >= 15 is 0 Å². The van der Waals surface area contributed by atoms with Gasteiger partial charge in [-0.1, -0.05) is 11.6 Å².